The van der Waals surface area contributed by atoms with E-state index in [1.807, 2.05) is 91.0 Å². The highest BCUT2D eigenvalue weighted by Gasteiger charge is 2.54. The maximum Gasteiger partial charge on any atom is 0.307 e. The summed E-state index contributed by atoms with van der Waals surface area (Å²) >= 11 is 0. The third-order valence-corrected chi connectivity index (χ3v) is 7.29. The fourth-order valence-electron chi connectivity index (χ4n) is 4.99. The monoisotopic (exact) mass is 642 g/mol. The van der Waals surface area contributed by atoms with Crippen molar-refractivity contribution >= 4 is 11.9 Å². The van der Waals surface area contributed by atoms with Crippen molar-refractivity contribution in [3.63, 3.8) is 0 Å². The van der Waals surface area contributed by atoms with Crippen LogP contribution in [0.3, 0.4) is 0 Å². The summed E-state index contributed by atoms with van der Waals surface area (Å²) in [6, 6.07) is 28.3. The molecule has 0 saturated carbocycles. The van der Waals surface area contributed by atoms with Crippen molar-refractivity contribution < 1.29 is 38.0 Å². The van der Waals surface area contributed by atoms with Crippen LogP contribution in [0.2, 0.25) is 0 Å². The Kier molecular flexibility index (Phi) is 12.9. The number of carbonyl (C=O) groups is 2. The van der Waals surface area contributed by atoms with Gasteiger partial charge in [-0.2, -0.15) is 0 Å². The first-order chi connectivity index (χ1) is 23.6. The predicted molar refractivity (Wildman–Crippen MR) is 176 cm³/mol. The van der Waals surface area contributed by atoms with Gasteiger partial charge in [0.2, 0.25) is 0 Å². The van der Waals surface area contributed by atoms with Gasteiger partial charge in [-0.3, -0.25) is 9.59 Å². The fraction of sp³-hybridized carbons (Fsp3) is 0.300. The third kappa shape index (κ3) is 10.1. The Labute approximate surface area is 281 Å². The number of fused-ring (bicyclic) bond motifs is 1. The highest BCUT2D eigenvalue weighted by molar-refractivity contribution is 5.71. The molecule has 8 nitrogen and oxygen atoms in total. The third-order valence-electron chi connectivity index (χ3n) is 7.29. The summed E-state index contributed by atoms with van der Waals surface area (Å²) in [5.74, 6) is 21.6. The van der Waals surface area contributed by atoms with E-state index in [9.17, 15) is 9.59 Å². The van der Waals surface area contributed by atoms with Gasteiger partial charge in [-0.05, 0) is 47.9 Å². The molecule has 5 rings (SSSR count). The lowest BCUT2D eigenvalue weighted by atomic mass is 9.97. The van der Waals surface area contributed by atoms with Gasteiger partial charge in [0.25, 0.3) is 0 Å². The first-order valence-electron chi connectivity index (χ1n) is 15.6. The molecule has 0 aromatic heterocycles. The fourth-order valence-corrected chi connectivity index (χ4v) is 4.99. The number of rotatable bonds is 8. The van der Waals surface area contributed by atoms with E-state index < -0.39 is 48.9 Å². The van der Waals surface area contributed by atoms with Crippen LogP contribution in [0, 0.1) is 47.4 Å². The Bertz CT molecular complexity index is 1760. The summed E-state index contributed by atoms with van der Waals surface area (Å²) in [7, 11) is 1.42. The number of benzene rings is 3. The quantitative estimate of drug-likeness (QED) is 0.252. The van der Waals surface area contributed by atoms with Crippen molar-refractivity contribution in [2.75, 3.05) is 13.7 Å². The van der Waals surface area contributed by atoms with E-state index in [-0.39, 0.29) is 32.3 Å². The van der Waals surface area contributed by atoms with Crippen molar-refractivity contribution in [2.24, 2.45) is 0 Å². The molecular formula is C40H34O8. The van der Waals surface area contributed by atoms with Crippen LogP contribution in [0.1, 0.15) is 48.7 Å². The van der Waals surface area contributed by atoms with Crippen molar-refractivity contribution in [1.82, 2.24) is 0 Å². The number of hydrogen-bond donors (Lipinski definition) is 0. The van der Waals surface area contributed by atoms with Gasteiger partial charge in [-0.1, -0.05) is 90.4 Å². The van der Waals surface area contributed by atoms with Crippen molar-refractivity contribution in [2.45, 2.75) is 62.7 Å². The molecule has 8 heteroatoms. The highest BCUT2D eigenvalue weighted by atomic mass is 16.8. The maximum absolute atomic E-state index is 13.1. The molecule has 0 unspecified atom stereocenters. The lowest BCUT2D eigenvalue weighted by Gasteiger charge is -2.47. The minimum Gasteiger partial charge on any atom is -0.455 e. The zero-order chi connectivity index (χ0) is 33.4. The molecule has 0 amide bonds. The number of methoxy groups -OCH3 is 1. The van der Waals surface area contributed by atoms with Crippen molar-refractivity contribution in [3.05, 3.63) is 108 Å². The number of ether oxygens (including phenoxy) is 6. The van der Waals surface area contributed by atoms with E-state index in [0.717, 1.165) is 16.7 Å². The first-order valence-corrected chi connectivity index (χ1v) is 15.6. The van der Waals surface area contributed by atoms with Gasteiger partial charge in [-0.25, -0.2) is 0 Å². The molecule has 2 fully saturated rings. The summed E-state index contributed by atoms with van der Waals surface area (Å²) < 4.78 is 35.7. The molecular weight excluding hydrogens is 608 g/mol. The van der Waals surface area contributed by atoms with Gasteiger partial charge in [0.1, 0.15) is 12.2 Å². The number of esters is 2. The smallest absolute Gasteiger partial charge is 0.307 e. The average molecular weight is 643 g/mol. The maximum atomic E-state index is 13.1. The highest BCUT2D eigenvalue weighted by Crippen LogP contribution is 2.37. The molecule has 2 aliphatic heterocycles. The summed E-state index contributed by atoms with van der Waals surface area (Å²) in [6.07, 6.45) is -4.99. The molecule has 242 valence electrons. The molecule has 0 bridgehead atoms. The second-order valence-corrected chi connectivity index (χ2v) is 10.7. The van der Waals surface area contributed by atoms with Gasteiger partial charge < -0.3 is 28.4 Å². The number of carbonyl (C=O) groups excluding carboxylic acids is 2. The van der Waals surface area contributed by atoms with Crippen LogP contribution >= 0.6 is 0 Å². The van der Waals surface area contributed by atoms with Gasteiger partial charge in [0, 0.05) is 36.6 Å². The number of hydrogen-bond acceptors (Lipinski definition) is 8. The minimum absolute atomic E-state index is 0.00863. The van der Waals surface area contributed by atoms with Crippen LogP contribution in [-0.2, 0) is 38.0 Å². The molecule has 2 heterocycles. The van der Waals surface area contributed by atoms with E-state index in [1.165, 1.54) is 7.11 Å². The minimum atomic E-state index is -1.11. The zero-order valence-electron chi connectivity index (χ0n) is 26.4. The lowest BCUT2D eigenvalue weighted by molar-refractivity contribution is -0.359. The van der Waals surface area contributed by atoms with Crippen LogP contribution in [0.15, 0.2) is 91.0 Å². The Morgan fingerprint density at radius 2 is 1.21 bits per heavy atom. The molecule has 2 aliphatic rings. The van der Waals surface area contributed by atoms with Crippen LogP contribution < -0.4 is 0 Å². The molecule has 0 radical (unpaired) electrons. The van der Waals surface area contributed by atoms with Crippen LogP contribution in [0.5, 0.6) is 0 Å². The van der Waals surface area contributed by atoms with E-state index in [2.05, 4.69) is 47.4 Å². The summed E-state index contributed by atoms with van der Waals surface area (Å²) in [5.41, 5.74) is 2.48. The molecule has 6 atom stereocenters. The Morgan fingerprint density at radius 1 is 0.688 bits per heavy atom. The summed E-state index contributed by atoms with van der Waals surface area (Å²) in [4.78, 5) is 26.1. The standard InChI is InChI=1S/C40H34O8/c1-43-40-38(47-35(42)28-18-5-3-10-20-31-23-13-7-14-24-31)37(36-33(45-40)29-44-39(48-36)32-25-15-8-16-26-32)46-34(41)27-17-4-2-9-19-30-21-11-6-12-22-30/h6-8,11-16,21-26,33,36-40H,17-18,27-29H2,1H3/t33-,36-,37+,38-,39-,40+/m1/s1. The second-order valence-electron chi connectivity index (χ2n) is 10.7. The van der Waals surface area contributed by atoms with Crippen molar-refractivity contribution in [1.29, 1.82) is 0 Å². The molecule has 3 aromatic rings. The normalized spacial score (nSPS) is 22.3. The van der Waals surface area contributed by atoms with Gasteiger partial charge in [0.05, 0.1) is 19.4 Å². The molecule has 48 heavy (non-hydrogen) atoms. The van der Waals surface area contributed by atoms with E-state index >= 15 is 0 Å². The average Bonchev–Trinajstić information content (AvgIpc) is 3.13. The van der Waals surface area contributed by atoms with Crippen LogP contribution in [-0.4, -0.2) is 56.4 Å². The van der Waals surface area contributed by atoms with Crippen molar-refractivity contribution in [3.8, 4) is 47.4 Å². The SMILES string of the molecule is CO[C@H]1O[C@@H]2CO[C@@H](c3ccccc3)O[C@H]2[C@H](OC(=O)CCC#CC#Cc2ccccc2)[C@H]1OC(=O)CCC#CC#Cc1ccccc1. The van der Waals surface area contributed by atoms with Gasteiger partial charge in [0.15, 0.2) is 24.8 Å². The van der Waals surface area contributed by atoms with Gasteiger partial charge in [-0.15, -0.1) is 0 Å². The van der Waals surface area contributed by atoms with Crippen LogP contribution in [0.4, 0.5) is 0 Å². The molecule has 0 aliphatic carbocycles. The summed E-state index contributed by atoms with van der Waals surface area (Å²) in [6.45, 7) is 0.143. The lowest BCUT2D eigenvalue weighted by Crippen LogP contribution is -2.64. The second kappa shape index (κ2) is 18.1. The molecule has 0 spiro atoms. The van der Waals surface area contributed by atoms with Crippen LogP contribution in [0.25, 0.3) is 0 Å². The Balaban J connectivity index is 1.25. The Morgan fingerprint density at radius 3 is 1.75 bits per heavy atom. The molecule has 3 aromatic carbocycles. The summed E-state index contributed by atoms with van der Waals surface area (Å²) in [5, 5.41) is 0. The molecule has 0 N–H and O–H groups in total. The van der Waals surface area contributed by atoms with E-state index in [4.69, 9.17) is 28.4 Å². The van der Waals surface area contributed by atoms with E-state index in [0.29, 0.717) is 0 Å². The molecule has 2 saturated heterocycles. The largest absolute Gasteiger partial charge is 0.455 e. The topological polar surface area (TPSA) is 89.5 Å². The Hall–Kier alpha value is -5.32. The first kappa shape index (κ1) is 34.0. The predicted octanol–water partition coefficient (Wildman–Crippen LogP) is 4.97. The van der Waals surface area contributed by atoms with Gasteiger partial charge >= 0.3 is 11.9 Å². The van der Waals surface area contributed by atoms with E-state index in [1.54, 1.807) is 0 Å². The zero-order valence-corrected chi connectivity index (χ0v) is 26.4.